The van der Waals surface area contributed by atoms with Crippen molar-refractivity contribution in [2.24, 2.45) is 0 Å². The first-order valence-electron chi connectivity index (χ1n) is 6.90. The fourth-order valence-corrected chi connectivity index (χ4v) is 2.43. The zero-order valence-electron chi connectivity index (χ0n) is 12.9. The summed E-state index contributed by atoms with van der Waals surface area (Å²) in [5.74, 6) is -0.462. The zero-order chi connectivity index (χ0) is 15.6. The Balaban J connectivity index is 0.000000775. The molecule has 0 heterocycles. The Morgan fingerprint density at radius 3 is 1.86 bits per heavy atom. The van der Waals surface area contributed by atoms with Crippen molar-refractivity contribution in [3.8, 4) is 0 Å². The van der Waals surface area contributed by atoms with Crippen LogP contribution in [0.2, 0.25) is 0 Å². The summed E-state index contributed by atoms with van der Waals surface area (Å²) in [6, 6.07) is 9.92. The molecule has 1 aliphatic carbocycles. The van der Waals surface area contributed by atoms with Crippen LogP contribution in [0.25, 0.3) is 5.73 Å². The van der Waals surface area contributed by atoms with E-state index in [1.807, 2.05) is 13.8 Å². The van der Waals surface area contributed by atoms with Gasteiger partial charge in [-0.3, -0.25) is 9.59 Å². The Kier molecular flexibility index (Phi) is 6.45. The van der Waals surface area contributed by atoms with Crippen LogP contribution in [-0.2, 0) is 32.7 Å². The van der Waals surface area contributed by atoms with Crippen LogP contribution in [0.4, 0.5) is 11.4 Å². The number of ketones is 2. The molecule has 22 heavy (non-hydrogen) atoms. The number of carbonyl (C=O) groups excluding carboxylic acids is 2. The molecule has 0 unspecified atom stereocenters. The summed E-state index contributed by atoms with van der Waals surface area (Å²) in [7, 11) is 1.69. The maximum Gasteiger partial charge on any atom is 0.196 e. The summed E-state index contributed by atoms with van der Waals surface area (Å²) in [5, 5.41) is 2.91. The largest absolute Gasteiger partial charge is 0.698 e. The van der Waals surface area contributed by atoms with E-state index in [1.165, 1.54) is 6.07 Å². The van der Waals surface area contributed by atoms with Gasteiger partial charge in [-0.1, -0.05) is 44.2 Å². The van der Waals surface area contributed by atoms with E-state index in [1.54, 1.807) is 37.4 Å². The van der Waals surface area contributed by atoms with Crippen LogP contribution in [0, 0.1) is 0 Å². The Morgan fingerprint density at radius 1 is 0.864 bits per heavy atom. The summed E-state index contributed by atoms with van der Waals surface area (Å²) in [6.45, 7) is 4.00. The fraction of sp³-hybridized carbons (Fsp3) is 0.176. The van der Waals surface area contributed by atoms with Crippen LogP contribution in [0.15, 0.2) is 36.4 Å². The summed E-state index contributed by atoms with van der Waals surface area (Å²) in [5.41, 5.74) is 9.82. The third-order valence-electron chi connectivity index (χ3n) is 3.35. The van der Waals surface area contributed by atoms with Gasteiger partial charge >= 0.3 is 0 Å². The summed E-state index contributed by atoms with van der Waals surface area (Å²) < 4.78 is 0. The van der Waals surface area contributed by atoms with Gasteiger partial charge in [0.15, 0.2) is 11.6 Å². The number of carbonyl (C=O) groups is 2. The van der Waals surface area contributed by atoms with Crippen molar-refractivity contribution in [1.29, 1.82) is 0 Å². The molecule has 5 heteroatoms. The van der Waals surface area contributed by atoms with Crippen molar-refractivity contribution >= 4 is 22.9 Å². The normalized spacial score (nSPS) is 11.4. The predicted octanol–water partition coefficient (Wildman–Crippen LogP) is 4.21. The Hall–Kier alpha value is -1.52. The van der Waals surface area contributed by atoms with E-state index in [0.717, 1.165) is 0 Å². The number of nitrogens with one attached hydrogen (secondary N) is 2. The second-order valence-corrected chi connectivity index (χ2v) is 4.36. The number of fused-ring (bicyclic) bond motifs is 2. The monoisotopic (exact) mass is 370 g/mol. The van der Waals surface area contributed by atoms with Gasteiger partial charge in [-0.05, 0) is 6.07 Å². The number of hydrogen-bond donors (Lipinski definition) is 1. The molecule has 1 radical (unpaired) electrons. The van der Waals surface area contributed by atoms with Crippen LogP contribution < -0.4 is 5.32 Å². The molecule has 111 valence electrons. The molecule has 2 aromatic carbocycles. The van der Waals surface area contributed by atoms with Crippen molar-refractivity contribution in [2.75, 3.05) is 12.4 Å². The number of rotatable bonds is 1. The molecule has 0 aliphatic heterocycles. The average Bonchev–Trinajstić information content (AvgIpc) is 2.54. The van der Waals surface area contributed by atoms with E-state index < -0.39 is 0 Å². The third-order valence-corrected chi connectivity index (χ3v) is 3.35. The van der Waals surface area contributed by atoms with Crippen LogP contribution in [0.3, 0.4) is 0 Å². The molecule has 2 aromatic rings. The molecule has 1 aliphatic rings. The van der Waals surface area contributed by atoms with Gasteiger partial charge in [-0.15, -0.1) is 5.69 Å². The van der Waals surface area contributed by atoms with E-state index in [2.05, 4.69) is 5.32 Å². The van der Waals surface area contributed by atoms with Crippen LogP contribution in [0.1, 0.15) is 45.7 Å². The van der Waals surface area contributed by atoms with Gasteiger partial charge in [0.25, 0.3) is 0 Å². The number of anilines is 1. The van der Waals surface area contributed by atoms with Gasteiger partial charge in [0.2, 0.25) is 0 Å². The van der Waals surface area contributed by atoms with Gasteiger partial charge in [0.05, 0.1) is 5.56 Å². The molecule has 0 saturated carbocycles. The molecule has 0 saturated heterocycles. The molecule has 0 fully saturated rings. The molecule has 4 nitrogen and oxygen atoms in total. The van der Waals surface area contributed by atoms with Crippen LogP contribution in [-0.4, -0.2) is 18.6 Å². The van der Waals surface area contributed by atoms with Gasteiger partial charge in [0, 0.05) is 62.1 Å². The van der Waals surface area contributed by atoms with Gasteiger partial charge < -0.3 is 11.1 Å². The SMILES string of the molecule is CC.CNc1ccc([NH-])c2c1C(=O)c1ccccc1C2=O.[Y]. The second kappa shape index (κ2) is 7.66. The van der Waals surface area contributed by atoms with E-state index in [0.29, 0.717) is 22.4 Å². The van der Waals surface area contributed by atoms with Crippen LogP contribution in [0.5, 0.6) is 0 Å². The minimum Gasteiger partial charge on any atom is -0.698 e. The smallest absolute Gasteiger partial charge is 0.196 e. The molecule has 0 bridgehead atoms. The van der Waals surface area contributed by atoms with E-state index in [-0.39, 0.29) is 55.5 Å². The van der Waals surface area contributed by atoms with Crippen molar-refractivity contribution in [3.05, 3.63) is 64.4 Å². The van der Waals surface area contributed by atoms with E-state index in [4.69, 9.17) is 5.73 Å². The first-order valence-corrected chi connectivity index (χ1v) is 6.90. The molecule has 0 amide bonds. The van der Waals surface area contributed by atoms with Crippen molar-refractivity contribution < 1.29 is 42.3 Å². The van der Waals surface area contributed by atoms with E-state index in [9.17, 15) is 9.59 Å². The van der Waals surface area contributed by atoms with Crippen molar-refractivity contribution in [1.82, 2.24) is 0 Å². The van der Waals surface area contributed by atoms with E-state index >= 15 is 0 Å². The van der Waals surface area contributed by atoms with Crippen molar-refractivity contribution in [3.63, 3.8) is 0 Å². The summed E-state index contributed by atoms with van der Waals surface area (Å²) >= 11 is 0. The Bertz CT molecular complexity index is 727. The molecular weight excluding hydrogens is 353 g/mol. The standard InChI is InChI=1S/C15H12N2O2.C2H6.Y/c1-17-11-7-6-10(16)12-13(11)15(19)9-5-3-2-4-8(9)14(12)18;1-2;/h2-7H,1H3,(H3,16,17,18,19);1-2H3;/p-1. The third kappa shape index (κ3) is 2.86. The van der Waals surface area contributed by atoms with Crippen molar-refractivity contribution in [2.45, 2.75) is 13.8 Å². The average molecular weight is 370 g/mol. The maximum absolute atomic E-state index is 12.5. The minimum absolute atomic E-state index is 0. The summed E-state index contributed by atoms with van der Waals surface area (Å²) in [4.78, 5) is 25.0. The first-order chi connectivity index (χ1) is 10.1. The second-order valence-electron chi connectivity index (χ2n) is 4.36. The Morgan fingerprint density at radius 2 is 1.36 bits per heavy atom. The number of benzene rings is 2. The summed E-state index contributed by atoms with van der Waals surface area (Å²) in [6.07, 6.45) is 0. The van der Waals surface area contributed by atoms with Crippen LogP contribution >= 0.6 is 0 Å². The maximum atomic E-state index is 12.5. The topological polar surface area (TPSA) is 70.0 Å². The van der Waals surface area contributed by atoms with Gasteiger partial charge in [0.1, 0.15) is 0 Å². The first kappa shape index (κ1) is 18.5. The minimum atomic E-state index is -0.257. The number of hydrogen-bond acceptors (Lipinski definition) is 3. The zero-order valence-corrected chi connectivity index (χ0v) is 15.7. The molecule has 0 atom stereocenters. The Labute approximate surface area is 155 Å². The molecule has 0 spiro atoms. The quantitative estimate of drug-likeness (QED) is 0.698. The molecular formula is C17H17N2O2Y-. The fourth-order valence-electron chi connectivity index (χ4n) is 2.43. The van der Waals surface area contributed by atoms with Gasteiger partial charge in [-0.2, -0.15) is 0 Å². The predicted molar refractivity (Wildman–Crippen MR) is 84.6 cm³/mol. The molecule has 2 N–H and O–H groups in total. The molecule has 0 aromatic heterocycles. The molecule has 3 rings (SSSR count). The van der Waals surface area contributed by atoms with Gasteiger partial charge in [-0.25, -0.2) is 0 Å².